The summed E-state index contributed by atoms with van der Waals surface area (Å²) in [5, 5.41) is 3.21. The van der Waals surface area contributed by atoms with Gasteiger partial charge in [0.1, 0.15) is 5.75 Å². The van der Waals surface area contributed by atoms with Gasteiger partial charge in [0.15, 0.2) is 6.61 Å². The van der Waals surface area contributed by atoms with Crippen LogP contribution in [0.3, 0.4) is 0 Å². The minimum atomic E-state index is -0.877. The number of hydrogen-bond acceptors (Lipinski definition) is 4. The third-order valence-corrected chi connectivity index (χ3v) is 3.60. The molecule has 0 fully saturated rings. The number of ether oxygens (including phenoxy) is 2. The van der Waals surface area contributed by atoms with Crippen LogP contribution in [-0.2, 0) is 9.53 Å². The average molecular weight is 368 g/mol. The fourth-order valence-electron chi connectivity index (χ4n) is 1.95. The first-order valence-corrected chi connectivity index (χ1v) is 7.77. The SMILES string of the molecule is Cc1ccc(NC(=O)OC(=O)COc2ccc(Cl)cc2Cl)c(C)c1. The van der Waals surface area contributed by atoms with E-state index < -0.39 is 18.7 Å². The first-order chi connectivity index (χ1) is 11.3. The number of rotatable bonds is 4. The highest BCUT2D eigenvalue weighted by Gasteiger charge is 2.13. The number of carbonyl (C=O) groups excluding carboxylic acids is 2. The molecule has 0 bridgehead atoms. The Morgan fingerprint density at radius 3 is 2.50 bits per heavy atom. The van der Waals surface area contributed by atoms with Gasteiger partial charge in [-0.15, -0.1) is 0 Å². The van der Waals surface area contributed by atoms with Crippen molar-refractivity contribution in [2.45, 2.75) is 13.8 Å². The molecule has 0 heterocycles. The van der Waals surface area contributed by atoms with Crippen molar-refractivity contribution < 1.29 is 19.1 Å². The maximum absolute atomic E-state index is 11.7. The van der Waals surface area contributed by atoms with Crippen molar-refractivity contribution in [3.8, 4) is 5.75 Å². The molecule has 0 saturated heterocycles. The first-order valence-electron chi connectivity index (χ1n) is 7.02. The summed E-state index contributed by atoms with van der Waals surface area (Å²) >= 11 is 11.7. The van der Waals surface area contributed by atoms with Gasteiger partial charge in [0, 0.05) is 10.7 Å². The topological polar surface area (TPSA) is 64.6 Å². The van der Waals surface area contributed by atoms with E-state index in [1.165, 1.54) is 12.1 Å². The largest absolute Gasteiger partial charge is 0.480 e. The number of hydrogen-bond donors (Lipinski definition) is 1. The molecule has 0 unspecified atom stereocenters. The second-order valence-corrected chi connectivity index (χ2v) is 5.91. The van der Waals surface area contributed by atoms with Gasteiger partial charge in [0.25, 0.3) is 0 Å². The molecule has 7 heteroatoms. The monoisotopic (exact) mass is 367 g/mol. The summed E-state index contributed by atoms with van der Waals surface area (Å²) in [5.74, 6) is -0.573. The predicted molar refractivity (Wildman–Crippen MR) is 93.0 cm³/mol. The van der Waals surface area contributed by atoms with E-state index in [9.17, 15) is 9.59 Å². The average Bonchev–Trinajstić information content (AvgIpc) is 2.49. The molecule has 0 aromatic heterocycles. The van der Waals surface area contributed by atoms with E-state index in [2.05, 4.69) is 10.1 Å². The maximum Gasteiger partial charge on any atom is 0.419 e. The van der Waals surface area contributed by atoms with Crippen LogP contribution in [0.5, 0.6) is 5.75 Å². The van der Waals surface area contributed by atoms with Gasteiger partial charge in [-0.1, -0.05) is 40.9 Å². The third-order valence-electron chi connectivity index (χ3n) is 3.06. The molecule has 126 valence electrons. The van der Waals surface area contributed by atoms with E-state index in [1.54, 1.807) is 12.1 Å². The van der Waals surface area contributed by atoms with Crippen molar-refractivity contribution in [3.63, 3.8) is 0 Å². The van der Waals surface area contributed by atoms with E-state index in [-0.39, 0.29) is 10.8 Å². The molecule has 1 amide bonds. The molecule has 0 atom stereocenters. The molecular weight excluding hydrogens is 353 g/mol. The number of halogens is 2. The third kappa shape index (κ3) is 5.15. The highest BCUT2D eigenvalue weighted by molar-refractivity contribution is 6.35. The van der Waals surface area contributed by atoms with Crippen LogP contribution in [0.4, 0.5) is 10.5 Å². The Bertz CT molecular complexity index is 777. The fourth-order valence-corrected chi connectivity index (χ4v) is 2.41. The van der Waals surface area contributed by atoms with Crippen LogP contribution < -0.4 is 10.1 Å². The van der Waals surface area contributed by atoms with Crippen molar-refractivity contribution in [2.75, 3.05) is 11.9 Å². The molecule has 5 nitrogen and oxygen atoms in total. The van der Waals surface area contributed by atoms with Crippen LogP contribution in [0.15, 0.2) is 36.4 Å². The van der Waals surface area contributed by atoms with Gasteiger partial charge in [-0.05, 0) is 43.7 Å². The maximum atomic E-state index is 11.7. The van der Waals surface area contributed by atoms with Crippen LogP contribution in [0, 0.1) is 13.8 Å². The number of benzene rings is 2. The summed E-state index contributed by atoms with van der Waals surface area (Å²) in [6.45, 7) is 3.33. The Morgan fingerprint density at radius 2 is 1.83 bits per heavy atom. The Kier molecular flexibility index (Phi) is 6.06. The number of aryl methyl sites for hydroxylation is 2. The van der Waals surface area contributed by atoms with E-state index in [1.807, 2.05) is 26.0 Å². The summed E-state index contributed by atoms with van der Waals surface area (Å²) in [5.41, 5.74) is 2.50. The number of esters is 1. The number of amides is 1. The molecule has 0 aliphatic heterocycles. The van der Waals surface area contributed by atoms with E-state index >= 15 is 0 Å². The normalized spacial score (nSPS) is 10.2. The van der Waals surface area contributed by atoms with E-state index in [4.69, 9.17) is 27.9 Å². The minimum absolute atomic E-state index is 0.259. The second kappa shape index (κ2) is 8.04. The molecule has 1 N–H and O–H groups in total. The standard InChI is InChI=1S/C17H15Cl2NO4/c1-10-3-5-14(11(2)7-10)20-17(22)24-16(21)9-23-15-6-4-12(18)8-13(15)19/h3-8H,9H2,1-2H3,(H,20,22). The minimum Gasteiger partial charge on any atom is -0.480 e. The quantitative estimate of drug-likeness (QED) is 0.624. The molecule has 0 radical (unpaired) electrons. The van der Waals surface area contributed by atoms with Crippen molar-refractivity contribution >= 4 is 41.0 Å². The predicted octanol–water partition coefficient (Wildman–Crippen LogP) is 4.76. The summed E-state index contributed by atoms with van der Waals surface area (Å²) in [6.07, 6.45) is -0.877. The van der Waals surface area contributed by atoms with Gasteiger partial charge in [-0.2, -0.15) is 0 Å². The van der Waals surface area contributed by atoms with Crippen LogP contribution in [0.2, 0.25) is 10.0 Å². The Morgan fingerprint density at radius 1 is 1.08 bits per heavy atom. The molecule has 2 rings (SSSR count). The van der Waals surface area contributed by atoms with Crippen molar-refractivity contribution in [2.24, 2.45) is 0 Å². The molecule has 24 heavy (non-hydrogen) atoms. The fraction of sp³-hybridized carbons (Fsp3) is 0.176. The lowest BCUT2D eigenvalue weighted by Crippen LogP contribution is -2.23. The summed E-state index contributed by atoms with van der Waals surface area (Å²) < 4.78 is 9.84. The number of carbonyl (C=O) groups is 2. The van der Waals surface area contributed by atoms with Crippen LogP contribution in [0.1, 0.15) is 11.1 Å². The number of anilines is 1. The van der Waals surface area contributed by atoms with Gasteiger partial charge in [0.2, 0.25) is 0 Å². The Hall–Kier alpha value is -2.24. The summed E-state index contributed by atoms with van der Waals surface area (Å²) in [7, 11) is 0. The summed E-state index contributed by atoms with van der Waals surface area (Å²) in [6, 6.07) is 10.1. The number of nitrogens with one attached hydrogen (secondary N) is 1. The van der Waals surface area contributed by atoms with Gasteiger partial charge < -0.3 is 9.47 Å². The summed E-state index contributed by atoms with van der Waals surface area (Å²) in [4.78, 5) is 23.4. The lowest BCUT2D eigenvalue weighted by molar-refractivity contribution is -0.139. The zero-order valence-corrected chi connectivity index (χ0v) is 14.6. The Balaban J connectivity index is 1.86. The van der Waals surface area contributed by atoms with E-state index in [0.29, 0.717) is 10.7 Å². The lowest BCUT2D eigenvalue weighted by atomic mass is 10.1. The first kappa shape index (κ1) is 18.1. The van der Waals surface area contributed by atoms with Gasteiger partial charge in [-0.3, -0.25) is 5.32 Å². The second-order valence-electron chi connectivity index (χ2n) is 5.07. The molecule has 0 aliphatic carbocycles. The highest BCUT2D eigenvalue weighted by atomic mass is 35.5. The van der Waals surface area contributed by atoms with Crippen LogP contribution >= 0.6 is 23.2 Å². The van der Waals surface area contributed by atoms with Crippen LogP contribution in [0.25, 0.3) is 0 Å². The van der Waals surface area contributed by atoms with Gasteiger partial charge in [-0.25, -0.2) is 9.59 Å². The lowest BCUT2D eigenvalue weighted by Gasteiger charge is -2.10. The van der Waals surface area contributed by atoms with Crippen LogP contribution in [-0.4, -0.2) is 18.7 Å². The van der Waals surface area contributed by atoms with Crippen molar-refractivity contribution in [3.05, 3.63) is 57.6 Å². The molecule has 2 aromatic carbocycles. The van der Waals surface area contributed by atoms with Gasteiger partial charge in [0.05, 0.1) is 5.02 Å². The molecular formula is C17H15Cl2NO4. The molecule has 0 saturated carbocycles. The molecule has 0 aliphatic rings. The van der Waals surface area contributed by atoms with E-state index in [0.717, 1.165) is 11.1 Å². The highest BCUT2D eigenvalue weighted by Crippen LogP contribution is 2.27. The Labute approximate surface area is 149 Å². The van der Waals surface area contributed by atoms with Gasteiger partial charge >= 0.3 is 12.1 Å². The zero-order chi connectivity index (χ0) is 17.7. The zero-order valence-electron chi connectivity index (χ0n) is 13.1. The van der Waals surface area contributed by atoms with Crippen molar-refractivity contribution in [1.82, 2.24) is 0 Å². The van der Waals surface area contributed by atoms with Crippen molar-refractivity contribution in [1.29, 1.82) is 0 Å². The molecule has 0 spiro atoms. The smallest absolute Gasteiger partial charge is 0.419 e. The molecule has 2 aromatic rings.